The number of ether oxygens (including phenoxy) is 1. The average molecular weight is 501 g/mol. The van der Waals surface area contributed by atoms with Crippen LogP contribution in [0.2, 0.25) is 0 Å². The van der Waals surface area contributed by atoms with E-state index in [1.165, 1.54) is 61.7 Å². The van der Waals surface area contributed by atoms with Crippen LogP contribution in [0, 0.1) is 0 Å². The van der Waals surface area contributed by atoms with Crippen molar-refractivity contribution < 1.29 is 40.5 Å². The van der Waals surface area contributed by atoms with Gasteiger partial charge in [-0.15, -0.1) is 0 Å². The van der Waals surface area contributed by atoms with E-state index in [0.717, 1.165) is 0 Å². The van der Waals surface area contributed by atoms with E-state index in [0.29, 0.717) is 33.4 Å². The molecule has 0 amide bonds. The Morgan fingerprint density at radius 2 is 1.30 bits per heavy atom. The highest BCUT2D eigenvalue weighted by molar-refractivity contribution is 5.93. The summed E-state index contributed by atoms with van der Waals surface area (Å²) in [7, 11) is 1.43. The van der Waals surface area contributed by atoms with Gasteiger partial charge in [0.2, 0.25) is 0 Å². The molecule has 188 valence electrons. The van der Waals surface area contributed by atoms with Gasteiger partial charge in [-0.2, -0.15) is 0 Å². The van der Waals surface area contributed by atoms with Gasteiger partial charge in [0.1, 0.15) is 34.5 Å². The first-order valence-electron chi connectivity index (χ1n) is 11.4. The van der Waals surface area contributed by atoms with Crippen molar-refractivity contribution in [1.82, 2.24) is 0 Å². The number of allylic oxidation sites excluding steroid dienone is 1. The predicted molar refractivity (Wildman–Crippen MR) is 136 cm³/mol. The van der Waals surface area contributed by atoms with Gasteiger partial charge in [-0.3, -0.25) is 0 Å². The van der Waals surface area contributed by atoms with Gasteiger partial charge in [0, 0.05) is 41.2 Å². The van der Waals surface area contributed by atoms with Crippen LogP contribution in [0.1, 0.15) is 39.7 Å². The lowest BCUT2D eigenvalue weighted by atomic mass is 9.79. The molecule has 0 saturated heterocycles. The molecular formula is C29H24O8. The largest absolute Gasteiger partial charge is 0.508 e. The Hall–Kier alpha value is -4.98. The molecule has 37 heavy (non-hydrogen) atoms. The molecular weight excluding hydrogens is 476 g/mol. The minimum absolute atomic E-state index is 0.0480. The molecule has 0 aliphatic heterocycles. The average Bonchev–Trinajstić information content (AvgIpc) is 3.13. The molecule has 4 aromatic carbocycles. The second-order valence-electron chi connectivity index (χ2n) is 8.94. The van der Waals surface area contributed by atoms with Gasteiger partial charge in [-0.1, -0.05) is 18.2 Å². The van der Waals surface area contributed by atoms with E-state index in [1.807, 2.05) is 0 Å². The second-order valence-corrected chi connectivity index (χ2v) is 8.94. The molecule has 0 heterocycles. The minimum Gasteiger partial charge on any atom is -0.508 e. The van der Waals surface area contributed by atoms with Crippen LogP contribution in [-0.4, -0.2) is 42.9 Å². The zero-order chi connectivity index (χ0) is 26.4. The molecule has 5 rings (SSSR count). The topological polar surface area (TPSA) is 151 Å². The van der Waals surface area contributed by atoms with E-state index in [4.69, 9.17) is 4.74 Å². The van der Waals surface area contributed by atoms with Gasteiger partial charge in [0.05, 0.1) is 7.11 Å². The van der Waals surface area contributed by atoms with Gasteiger partial charge >= 0.3 is 0 Å². The summed E-state index contributed by atoms with van der Waals surface area (Å²) in [5, 5.41) is 72.7. The monoisotopic (exact) mass is 500 g/mol. The van der Waals surface area contributed by atoms with Crippen LogP contribution < -0.4 is 4.74 Å². The van der Waals surface area contributed by atoms with E-state index < -0.39 is 11.8 Å². The third-order valence-electron chi connectivity index (χ3n) is 6.59. The molecule has 1 aliphatic carbocycles. The second kappa shape index (κ2) is 8.91. The summed E-state index contributed by atoms with van der Waals surface area (Å²) in [6.07, 6.45) is 1.78. The highest BCUT2D eigenvalue weighted by Gasteiger charge is 2.42. The van der Waals surface area contributed by atoms with Crippen molar-refractivity contribution in [2.24, 2.45) is 0 Å². The van der Waals surface area contributed by atoms with Gasteiger partial charge in [-0.25, -0.2) is 0 Å². The molecule has 1 aliphatic rings. The Balaban J connectivity index is 1.85. The quantitative estimate of drug-likeness (QED) is 0.204. The van der Waals surface area contributed by atoms with E-state index in [2.05, 4.69) is 0 Å². The highest BCUT2D eigenvalue weighted by atomic mass is 16.5. The van der Waals surface area contributed by atoms with Crippen molar-refractivity contribution in [3.8, 4) is 46.0 Å². The standard InChI is InChI=1S/C29H24O8/c1-37-26-7-14(2-5-23(26)34)6-21-22-11-19(33)13-25(36)28(22)29(20-4-3-16(30)12-24(20)35)27(21)15-8-17(31)10-18(32)9-15/h2-13,27,29-36H,1H3/b21-6-/t27-,29+/m0/s1. The van der Waals surface area contributed by atoms with Gasteiger partial charge in [0.15, 0.2) is 11.5 Å². The zero-order valence-corrected chi connectivity index (χ0v) is 19.6. The van der Waals surface area contributed by atoms with Crippen molar-refractivity contribution >= 4 is 11.6 Å². The zero-order valence-electron chi connectivity index (χ0n) is 19.6. The Labute approximate surface area is 211 Å². The molecule has 0 bridgehead atoms. The molecule has 0 aromatic heterocycles. The first-order valence-corrected chi connectivity index (χ1v) is 11.4. The normalized spacial score (nSPS) is 17.6. The number of hydrogen-bond acceptors (Lipinski definition) is 8. The first-order chi connectivity index (χ1) is 17.7. The maximum absolute atomic E-state index is 11.0. The lowest BCUT2D eigenvalue weighted by Gasteiger charge is -2.24. The molecule has 8 heteroatoms. The van der Waals surface area contributed by atoms with Crippen LogP contribution in [0.5, 0.6) is 46.0 Å². The number of phenols is 7. The summed E-state index contributed by atoms with van der Waals surface area (Å²) in [6.45, 7) is 0. The van der Waals surface area contributed by atoms with E-state index in [9.17, 15) is 35.7 Å². The molecule has 4 aromatic rings. The van der Waals surface area contributed by atoms with Gasteiger partial charge < -0.3 is 40.5 Å². The summed E-state index contributed by atoms with van der Waals surface area (Å²) in [6, 6.07) is 15.7. The number of methoxy groups -OCH3 is 1. The lowest BCUT2D eigenvalue weighted by Crippen LogP contribution is -2.08. The molecule has 0 spiro atoms. The van der Waals surface area contributed by atoms with Crippen LogP contribution in [-0.2, 0) is 0 Å². The van der Waals surface area contributed by atoms with Gasteiger partial charge in [-0.05, 0) is 58.7 Å². The molecule has 0 fully saturated rings. The maximum Gasteiger partial charge on any atom is 0.161 e. The molecule has 2 atom stereocenters. The van der Waals surface area contributed by atoms with Crippen LogP contribution in [0.15, 0.2) is 66.7 Å². The van der Waals surface area contributed by atoms with Crippen LogP contribution in [0.25, 0.3) is 11.6 Å². The molecule has 0 unspecified atom stereocenters. The smallest absolute Gasteiger partial charge is 0.161 e. The third kappa shape index (κ3) is 4.18. The Kier molecular flexibility index (Phi) is 5.72. The van der Waals surface area contributed by atoms with Crippen molar-refractivity contribution in [3.05, 3.63) is 94.5 Å². The minimum atomic E-state index is -0.734. The fraction of sp³-hybridized carbons (Fsp3) is 0.103. The lowest BCUT2D eigenvalue weighted by molar-refractivity contribution is 0.373. The summed E-state index contributed by atoms with van der Waals surface area (Å²) in [4.78, 5) is 0. The Morgan fingerprint density at radius 1 is 0.622 bits per heavy atom. The van der Waals surface area contributed by atoms with Gasteiger partial charge in [0.25, 0.3) is 0 Å². The highest BCUT2D eigenvalue weighted by Crippen LogP contribution is 2.60. The summed E-state index contributed by atoms with van der Waals surface area (Å²) in [5.74, 6) is -2.34. The number of phenolic OH excluding ortho intramolecular Hbond substituents is 7. The maximum atomic E-state index is 11.0. The summed E-state index contributed by atoms with van der Waals surface area (Å²) < 4.78 is 5.24. The number of rotatable bonds is 4. The van der Waals surface area contributed by atoms with Crippen LogP contribution in [0.3, 0.4) is 0 Å². The Morgan fingerprint density at radius 3 is 1.97 bits per heavy atom. The number of benzene rings is 4. The first kappa shape index (κ1) is 23.7. The summed E-state index contributed by atoms with van der Waals surface area (Å²) in [5.41, 5.74) is 2.96. The van der Waals surface area contributed by atoms with Crippen molar-refractivity contribution in [2.75, 3.05) is 7.11 Å². The number of fused-ring (bicyclic) bond motifs is 1. The summed E-state index contributed by atoms with van der Waals surface area (Å²) >= 11 is 0. The van der Waals surface area contributed by atoms with Crippen molar-refractivity contribution in [1.29, 1.82) is 0 Å². The van der Waals surface area contributed by atoms with Crippen LogP contribution >= 0.6 is 0 Å². The fourth-order valence-electron chi connectivity index (χ4n) is 5.13. The number of hydrogen-bond donors (Lipinski definition) is 7. The molecule has 0 radical (unpaired) electrons. The molecule has 0 saturated carbocycles. The van der Waals surface area contributed by atoms with Crippen molar-refractivity contribution in [2.45, 2.75) is 11.8 Å². The number of aromatic hydroxyl groups is 7. The van der Waals surface area contributed by atoms with E-state index in [1.54, 1.807) is 18.2 Å². The Bertz CT molecular complexity index is 1540. The van der Waals surface area contributed by atoms with E-state index in [-0.39, 0.29) is 46.0 Å². The van der Waals surface area contributed by atoms with Crippen molar-refractivity contribution in [3.63, 3.8) is 0 Å². The van der Waals surface area contributed by atoms with Crippen LogP contribution in [0.4, 0.5) is 0 Å². The van der Waals surface area contributed by atoms with E-state index >= 15 is 0 Å². The molecule has 8 nitrogen and oxygen atoms in total. The molecule has 7 N–H and O–H groups in total. The SMILES string of the molecule is COc1cc(/C=C2/c3cc(O)cc(O)c3[C@H](c3ccc(O)cc3O)[C@H]2c2cc(O)cc(O)c2)ccc1O. The fourth-order valence-corrected chi connectivity index (χ4v) is 5.13. The third-order valence-corrected chi connectivity index (χ3v) is 6.59. The predicted octanol–water partition coefficient (Wildman–Crippen LogP) is 5.10.